The predicted octanol–water partition coefficient (Wildman–Crippen LogP) is 2.88. The molecule has 0 aliphatic heterocycles. The summed E-state index contributed by atoms with van der Waals surface area (Å²) >= 11 is 11.6. The molecule has 1 amide bonds. The lowest BCUT2D eigenvalue weighted by atomic mass is 10.0. The van der Waals surface area contributed by atoms with Crippen LogP contribution < -0.4 is 5.32 Å². The van der Waals surface area contributed by atoms with Crippen molar-refractivity contribution in [2.75, 3.05) is 6.54 Å². The summed E-state index contributed by atoms with van der Waals surface area (Å²) in [6, 6.07) is 4.62. The zero-order valence-corrected chi connectivity index (χ0v) is 11.3. The van der Waals surface area contributed by atoms with Crippen LogP contribution in [0, 0.1) is 0 Å². The maximum absolute atomic E-state index is 11.8. The van der Waals surface area contributed by atoms with Crippen molar-refractivity contribution in [1.29, 1.82) is 0 Å². The average Bonchev–Trinajstić information content (AvgIpc) is 2.24. The molecule has 0 aliphatic rings. The van der Waals surface area contributed by atoms with Crippen molar-refractivity contribution in [3.63, 3.8) is 0 Å². The van der Waals surface area contributed by atoms with Gasteiger partial charge < -0.3 is 10.4 Å². The number of carbonyl (C=O) groups excluding carboxylic acids is 1. The lowest BCUT2D eigenvalue weighted by Gasteiger charge is -2.21. The highest BCUT2D eigenvalue weighted by Gasteiger charge is 2.19. The molecule has 3 nitrogen and oxygen atoms in total. The van der Waals surface area contributed by atoms with Crippen LogP contribution in [0.1, 0.15) is 30.6 Å². The van der Waals surface area contributed by atoms with Crippen LogP contribution in [0.15, 0.2) is 18.2 Å². The van der Waals surface area contributed by atoms with Gasteiger partial charge in [-0.2, -0.15) is 0 Å². The Labute approximate surface area is 111 Å². The summed E-state index contributed by atoms with van der Waals surface area (Å²) in [6.45, 7) is 3.70. The van der Waals surface area contributed by atoms with Gasteiger partial charge in [0.2, 0.25) is 0 Å². The van der Waals surface area contributed by atoms with E-state index in [0.29, 0.717) is 22.0 Å². The van der Waals surface area contributed by atoms with Crippen LogP contribution in [0.4, 0.5) is 0 Å². The third-order valence-electron chi connectivity index (χ3n) is 2.52. The third kappa shape index (κ3) is 4.54. The maximum Gasteiger partial charge on any atom is 0.251 e. The first-order valence-corrected chi connectivity index (χ1v) is 6.06. The third-order valence-corrected chi connectivity index (χ3v) is 2.95. The summed E-state index contributed by atoms with van der Waals surface area (Å²) in [5.74, 6) is -0.303. The van der Waals surface area contributed by atoms with Gasteiger partial charge in [0.05, 0.1) is 5.60 Å². The van der Waals surface area contributed by atoms with Crippen LogP contribution in [-0.2, 0) is 0 Å². The molecule has 0 saturated heterocycles. The van der Waals surface area contributed by atoms with Gasteiger partial charge in [0.15, 0.2) is 0 Å². The van der Waals surface area contributed by atoms with Gasteiger partial charge in [-0.25, -0.2) is 0 Å². The van der Waals surface area contributed by atoms with Crippen LogP contribution >= 0.6 is 23.2 Å². The second-order valence-corrected chi connectivity index (χ2v) is 5.06. The molecule has 0 saturated carbocycles. The predicted molar refractivity (Wildman–Crippen MR) is 69.7 cm³/mol. The quantitative estimate of drug-likeness (QED) is 0.888. The van der Waals surface area contributed by atoms with E-state index in [-0.39, 0.29) is 12.5 Å². The number of nitrogens with one attached hydrogen (secondary N) is 1. The molecule has 0 spiro atoms. The zero-order chi connectivity index (χ0) is 13.1. The molecule has 1 rings (SSSR count). The van der Waals surface area contributed by atoms with E-state index in [1.807, 2.05) is 6.92 Å². The molecule has 0 aliphatic carbocycles. The summed E-state index contributed by atoms with van der Waals surface area (Å²) in [4.78, 5) is 11.8. The van der Waals surface area contributed by atoms with E-state index >= 15 is 0 Å². The van der Waals surface area contributed by atoms with Gasteiger partial charge in [-0.1, -0.05) is 30.1 Å². The van der Waals surface area contributed by atoms with Crippen molar-refractivity contribution in [1.82, 2.24) is 5.32 Å². The molecule has 2 N–H and O–H groups in total. The molecule has 1 aromatic rings. The first-order valence-electron chi connectivity index (χ1n) is 5.31. The molecule has 0 fully saturated rings. The molecule has 1 unspecified atom stereocenters. The molecule has 0 radical (unpaired) electrons. The smallest absolute Gasteiger partial charge is 0.251 e. The van der Waals surface area contributed by atoms with Crippen LogP contribution in [0.5, 0.6) is 0 Å². The fourth-order valence-electron chi connectivity index (χ4n) is 1.18. The van der Waals surface area contributed by atoms with Gasteiger partial charge in [-0.3, -0.25) is 4.79 Å². The number of hydrogen-bond acceptors (Lipinski definition) is 2. The normalized spacial score (nSPS) is 14.2. The number of benzene rings is 1. The lowest BCUT2D eigenvalue weighted by molar-refractivity contribution is 0.0518. The molecular formula is C12H15Cl2NO2. The minimum Gasteiger partial charge on any atom is -0.388 e. The van der Waals surface area contributed by atoms with Gasteiger partial charge in [-0.15, -0.1) is 0 Å². The molecule has 5 heteroatoms. The molecule has 1 atom stereocenters. The number of rotatable bonds is 4. The van der Waals surface area contributed by atoms with Crippen LogP contribution in [-0.4, -0.2) is 23.2 Å². The highest BCUT2D eigenvalue weighted by molar-refractivity contribution is 6.35. The summed E-state index contributed by atoms with van der Waals surface area (Å²) in [6.07, 6.45) is 0.559. The van der Waals surface area contributed by atoms with Crippen molar-refractivity contribution < 1.29 is 9.90 Å². The topological polar surface area (TPSA) is 49.3 Å². The van der Waals surface area contributed by atoms with Gasteiger partial charge in [0.1, 0.15) is 0 Å². The Morgan fingerprint density at radius 2 is 1.88 bits per heavy atom. The summed E-state index contributed by atoms with van der Waals surface area (Å²) in [5.41, 5.74) is -0.521. The summed E-state index contributed by atoms with van der Waals surface area (Å²) in [5, 5.41) is 13.2. The minimum atomic E-state index is -0.905. The van der Waals surface area contributed by atoms with Crippen molar-refractivity contribution in [3.05, 3.63) is 33.8 Å². The summed E-state index contributed by atoms with van der Waals surface area (Å²) in [7, 11) is 0. The van der Waals surface area contributed by atoms with E-state index in [9.17, 15) is 9.90 Å². The van der Waals surface area contributed by atoms with E-state index < -0.39 is 5.60 Å². The second kappa shape index (κ2) is 5.71. The van der Waals surface area contributed by atoms with E-state index in [1.54, 1.807) is 13.0 Å². The van der Waals surface area contributed by atoms with Crippen molar-refractivity contribution in [3.8, 4) is 0 Å². The number of amides is 1. The van der Waals surface area contributed by atoms with E-state index in [1.165, 1.54) is 12.1 Å². The molecule has 17 heavy (non-hydrogen) atoms. The Hall–Kier alpha value is -0.770. The highest BCUT2D eigenvalue weighted by atomic mass is 35.5. The number of carbonyl (C=O) groups is 1. The average molecular weight is 276 g/mol. The van der Waals surface area contributed by atoms with Crippen LogP contribution in [0.3, 0.4) is 0 Å². The Kier molecular flexibility index (Phi) is 4.80. The standard InChI is InChI=1S/C12H15Cl2NO2/c1-3-12(2,17)7-15-11(16)8-4-9(13)6-10(14)5-8/h4-6,17H,3,7H2,1-2H3,(H,15,16). The Morgan fingerprint density at radius 1 is 1.35 bits per heavy atom. The highest BCUT2D eigenvalue weighted by Crippen LogP contribution is 2.19. The van der Waals surface area contributed by atoms with Crippen molar-refractivity contribution in [2.45, 2.75) is 25.9 Å². The Balaban J connectivity index is 2.70. The van der Waals surface area contributed by atoms with Gasteiger partial charge in [0.25, 0.3) is 5.91 Å². The first-order chi connectivity index (χ1) is 7.84. The fraction of sp³-hybridized carbons (Fsp3) is 0.417. The Morgan fingerprint density at radius 3 is 2.35 bits per heavy atom. The molecular weight excluding hydrogens is 261 g/mol. The molecule has 0 aromatic heterocycles. The van der Waals surface area contributed by atoms with Crippen molar-refractivity contribution >= 4 is 29.1 Å². The minimum absolute atomic E-state index is 0.187. The molecule has 0 heterocycles. The van der Waals surface area contributed by atoms with E-state index in [0.717, 1.165) is 0 Å². The Bertz CT molecular complexity index is 399. The monoisotopic (exact) mass is 275 g/mol. The van der Waals surface area contributed by atoms with Gasteiger partial charge >= 0.3 is 0 Å². The molecule has 1 aromatic carbocycles. The SMILES string of the molecule is CCC(C)(O)CNC(=O)c1cc(Cl)cc(Cl)c1. The van der Waals surface area contributed by atoms with E-state index in [2.05, 4.69) is 5.32 Å². The first kappa shape index (κ1) is 14.3. The van der Waals surface area contributed by atoms with E-state index in [4.69, 9.17) is 23.2 Å². The molecule has 0 bridgehead atoms. The fourth-order valence-corrected chi connectivity index (χ4v) is 1.71. The number of hydrogen-bond donors (Lipinski definition) is 2. The van der Waals surface area contributed by atoms with Gasteiger partial charge in [0, 0.05) is 22.2 Å². The number of aliphatic hydroxyl groups is 1. The number of halogens is 2. The summed E-state index contributed by atoms with van der Waals surface area (Å²) < 4.78 is 0. The van der Waals surface area contributed by atoms with Crippen LogP contribution in [0.2, 0.25) is 10.0 Å². The lowest BCUT2D eigenvalue weighted by Crippen LogP contribution is -2.40. The zero-order valence-electron chi connectivity index (χ0n) is 9.76. The maximum atomic E-state index is 11.8. The van der Waals surface area contributed by atoms with Crippen molar-refractivity contribution in [2.24, 2.45) is 0 Å². The second-order valence-electron chi connectivity index (χ2n) is 4.19. The van der Waals surface area contributed by atoms with Crippen LogP contribution in [0.25, 0.3) is 0 Å². The molecule has 94 valence electrons. The largest absolute Gasteiger partial charge is 0.388 e. The van der Waals surface area contributed by atoms with Gasteiger partial charge in [-0.05, 0) is 31.5 Å².